The zero-order valence-corrected chi connectivity index (χ0v) is 13.1. The number of rotatable bonds is 7. The molecule has 0 spiro atoms. The highest BCUT2D eigenvalue weighted by molar-refractivity contribution is 5.94. The van der Waals surface area contributed by atoms with Crippen LogP contribution < -0.4 is 15.8 Å². The number of likely N-dealkylation sites (N-methyl/N-ethyl adjacent to an activating group) is 1. The minimum atomic E-state index is -0.772. The number of aliphatic hydroxyl groups is 1. The summed E-state index contributed by atoms with van der Waals surface area (Å²) in [5.41, 5.74) is 6.11. The zero-order chi connectivity index (χ0) is 16.0. The molecule has 0 unspecified atom stereocenters. The molecule has 0 aliphatic rings. The van der Waals surface area contributed by atoms with Crippen molar-refractivity contribution in [1.82, 2.24) is 4.90 Å². The van der Waals surface area contributed by atoms with Crippen molar-refractivity contribution in [3.63, 3.8) is 0 Å². The van der Waals surface area contributed by atoms with E-state index in [1.807, 2.05) is 11.9 Å². The highest BCUT2D eigenvalue weighted by atomic mass is 16.5. The maximum absolute atomic E-state index is 11.9. The molecule has 4 N–H and O–H groups in total. The second-order valence-corrected chi connectivity index (χ2v) is 5.80. The van der Waals surface area contributed by atoms with Crippen molar-refractivity contribution in [2.45, 2.75) is 25.9 Å². The van der Waals surface area contributed by atoms with Gasteiger partial charge < -0.3 is 25.8 Å². The highest BCUT2D eigenvalue weighted by Crippen LogP contribution is 2.24. The van der Waals surface area contributed by atoms with Gasteiger partial charge in [0.25, 0.3) is 0 Å². The van der Waals surface area contributed by atoms with Gasteiger partial charge in [-0.05, 0) is 33.0 Å². The van der Waals surface area contributed by atoms with Gasteiger partial charge in [-0.2, -0.15) is 0 Å². The molecule has 0 aromatic heterocycles. The van der Waals surface area contributed by atoms with E-state index in [0.717, 1.165) is 0 Å². The van der Waals surface area contributed by atoms with Gasteiger partial charge >= 0.3 is 0 Å². The number of nitrogen functional groups attached to an aromatic ring is 1. The van der Waals surface area contributed by atoms with Crippen molar-refractivity contribution in [3.8, 4) is 5.75 Å². The second-order valence-electron chi connectivity index (χ2n) is 5.80. The molecule has 6 nitrogen and oxygen atoms in total. The number of carbonyl (C=O) groups excluding carboxylic acids is 1. The molecule has 0 heterocycles. The molecular formula is C15H25N3O3. The molecule has 118 valence electrons. The Hall–Kier alpha value is -1.79. The minimum absolute atomic E-state index is 0.116. The first-order valence-electron chi connectivity index (χ1n) is 6.85. The Morgan fingerprint density at radius 3 is 2.67 bits per heavy atom. The van der Waals surface area contributed by atoms with Crippen LogP contribution >= 0.6 is 0 Å². The second kappa shape index (κ2) is 7.28. The average Bonchev–Trinajstić information content (AvgIpc) is 2.37. The Bertz CT molecular complexity index is 484. The quantitative estimate of drug-likeness (QED) is 0.660. The normalized spacial score (nSPS) is 11.5. The highest BCUT2D eigenvalue weighted by Gasteiger charge is 2.16. The van der Waals surface area contributed by atoms with Crippen molar-refractivity contribution in [3.05, 3.63) is 18.2 Å². The molecule has 1 rings (SSSR count). The van der Waals surface area contributed by atoms with E-state index in [0.29, 0.717) is 36.6 Å². The number of nitrogens with one attached hydrogen (secondary N) is 1. The van der Waals surface area contributed by atoms with Gasteiger partial charge in [-0.3, -0.25) is 4.79 Å². The third-order valence-corrected chi connectivity index (χ3v) is 2.91. The first-order chi connectivity index (χ1) is 9.71. The van der Waals surface area contributed by atoms with Crippen molar-refractivity contribution in [2.24, 2.45) is 0 Å². The van der Waals surface area contributed by atoms with Gasteiger partial charge in [0.05, 0.1) is 24.1 Å². The van der Waals surface area contributed by atoms with Crippen LogP contribution in [0.2, 0.25) is 0 Å². The van der Waals surface area contributed by atoms with E-state index in [1.165, 1.54) is 0 Å². The maximum Gasteiger partial charge on any atom is 0.225 e. The summed E-state index contributed by atoms with van der Waals surface area (Å²) >= 11 is 0. The summed E-state index contributed by atoms with van der Waals surface area (Å²) in [6.45, 7) is 4.54. The SMILES string of the molecule is COc1ccc(NC(=O)CCN(C)CC(C)(C)O)c(N)c1. The van der Waals surface area contributed by atoms with Crippen molar-refractivity contribution >= 4 is 17.3 Å². The van der Waals surface area contributed by atoms with E-state index in [-0.39, 0.29) is 5.91 Å². The van der Waals surface area contributed by atoms with Crippen molar-refractivity contribution in [1.29, 1.82) is 0 Å². The number of methoxy groups -OCH3 is 1. The van der Waals surface area contributed by atoms with E-state index >= 15 is 0 Å². The number of hydrogen-bond acceptors (Lipinski definition) is 5. The molecule has 0 saturated heterocycles. The standard InChI is InChI=1S/C15H25N3O3/c1-15(2,20)10-18(3)8-7-14(19)17-13-6-5-11(21-4)9-12(13)16/h5-6,9,20H,7-8,10,16H2,1-4H3,(H,17,19). The number of nitrogens with two attached hydrogens (primary N) is 1. The number of amides is 1. The van der Waals surface area contributed by atoms with Gasteiger partial charge in [0.15, 0.2) is 0 Å². The Labute approximate surface area is 125 Å². The molecule has 0 bridgehead atoms. The van der Waals surface area contributed by atoms with E-state index in [1.54, 1.807) is 39.2 Å². The molecule has 0 aliphatic heterocycles. The van der Waals surface area contributed by atoms with E-state index in [2.05, 4.69) is 5.32 Å². The molecule has 21 heavy (non-hydrogen) atoms. The lowest BCUT2D eigenvalue weighted by atomic mass is 10.1. The number of benzene rings is 1. The molecule has 0 saturated carbocycles. The molecule has 0 fully saturated rings. The van der Waals surface area contributed by atoms with Gasteiger partial charge in [0.1, 0.15) is 5.75 Å². The lowest BCUT2D eigenvalue weighted by Crippen LogP contribution is -2.37. The Kier molecular flexibility index (Phi) is 5.99. The maximum atomic E-state index is 11.9. The third kappa shape index (κ3) is 6.46. The van der Waals surface area contributed by atoms with E-state index in [9.17, 15) is 9.90 Å². The predicted molar refractivity (Wildman–Crippen MR) is 84.4 cm³/mol. The topological polar surface area (TPSA) is 87.8 Å². The van der Waals surface area contributed by atoms with Crippen LogP contribution in [0.3, 0.4) is 0 Å². The third-order valence-electron chi connectivity index (χ3n) is 2.91. The molecular weight excluding hydrogens is 270 g/mol. The van der Waals surface area contributed by atoms with Crippen LogP contribution in [-0.2, 0) is 4.79 Å². The van der Waals surface area contributed by atoms with Crippen molar-refractivity contribution in [2.75, 3.05) is 38.3 Å². The summed E-state index contributed by atoms with van der Waals surface area (Å²) in [6, 6.07) is 5.12. The summed E-state index contributed by atoms with van der Waals surface area (Å²) in [4.78, 5) is 13.8. The first kappa shape index (κ1) is 17.3. The zero-order valence-electron chi connectivity index (χ0n) is 13.1. The van der Waals surface area contributed by atoms with Crippen LogP contribution in [0.4, 0.5) is 11.4 Å². The first-order valence-corrected chi connectivity index (χ1v) is 6.85. The van der Waals surface area contributed by atoms with Crippen LogP contribution in [-0.4, -0.2) is 48.8 Å². The molecule has 1 aromatic rings. The Balaban J connectivity index is 2.47. The summed E-state index contributed by atoms with van der Waals surface area (Å²) in [5, 5.41) is 12.5. The number of hydrogen-bond donors (Lipinski definition) is 3. The fourth-order valence-electron chi connectivity index (χ4n) is 2.03. The minimum Gasteiger partial charge on any atom is -0.497 e. The van der Waals surface area contributed by atoms with E-state index < -0.39 is 5.60 Å². The summed E-state index contributed by atoms with van der Waals surface area (Å²) in [6.07, 6.45) is 0.331. The summed E-state index contributed by atoms with van der Waals surface area (Å²) in [5.74, 6) is 0.532. The van der Waals surface area contributed by atoms with Crippen LogP contribution in [0, 0.1) is 0 Å². The molecule has 0 radical (unpaired) electrons. The molecule has 0 aliphatic carbocycles. The molecule has 1 amide bonds. The average molecular weight is 295 g/mol. The lowest BCUT2D eigenvalue weighted by Gasteiger charge is -2.25. The smallest absolute Gasteiger partial charge is 0.225 e. The lowest BCUT2D eigenvalue weighted by molar-refractivity contribution is -0.116. The summed E-state index contributed by atoms with van der Waals surface area (Å²) in [7, 11) is 3.43. The number of anilines is 2. The van der Waals surface area contributed by atoms with Crippen molar-refractivity contribution < 1.29 is 14.6 Å². The van der Waals surface area contributed by atoms with Crippen LogP contribution in [0.25, 0.3) is 0 Å². The number of carbonyl (C=O) groups is 1. The van der Waals surface area contributed by atoms with Gasteiger partial charge in [-0.1, -0.05) is 0 Å². The molecule has 1 aromatic carbocycles. The Morgan fingerprint density at radius 1 is 1.48 bits per heavy atom. The van der Waals surface area contributed by atoms with E-state index in [4.69, 9.17) is 10.5 Å². The Morgan fingerprint density at radius 2 is 2.14 bits per heavy atom. The molecule has 0 atom stereocenters. The van der Waals surface area contributed by atoms with Crippen LogP contribution in [0.15, 0.2) is 18.2 Å². The monoisotopic (exact) mass is 295 g/mol. The van der Waals surface area contributed by atoms with Crippen LogP contribution in [0.1, 0.15) is 20.3 Å². The van der Waals surface area contributed by atoms with Gasteiger partial charge in [0, 0.05) is 25.6 Å². The number of nitrogens with zero attached hydrogens (tertiary/aromatic N) is 1. The van der Waals surface area contributed by atoms with Gasteiger partial charge in [-0.15, -0.1) is 0 Å². The number of ether oxygens (including phenoxy) is 1. The summed E-state index contributed by atoms with van der Waals surface area (Å²) < 4.78 is 5.06. The van der Waals surface area contributed by atoms with Gasteiger partial charge in [-0.25, -0.2) is 0 Å². The molecule has 6 heteroatoms. The fraction of sp³-hybridized carbons (Fsp3) is 0.533. The fourth-order valence-corrected chi connectivity index (χ4v) is 2.03. The largest absolute Gasteiger partial charge is 0.497 e. The predicted octanol–water partition coefficient (Wildman–Crippen LogP) is 1.31. The van der Waals surface area contributed by atoms with Gasteiger partial charge in [0.2, 0.25) is 5.91 Å². The van der Waals surface area contributed by atoms with Crippen LogP contribution in [0.5, 0.6) is 5.75 Å².